The van der Waals surface area contributed by atoms with Crippen LogP contribution in [0.4, 0.5) is 0 Å². The topological polar surface area (TPSA) is 50.2 Å². The number of imidazole rings is 1. The SMILES string of the molecule is CC(C)N1CC[C@H](NC(=O)c2cn(C3CC3)cn2)C1. The van der Waals surface area contributed by atoms with Crippen molar-refractivity contribution in [1.29, 1.82) is 0 Å². The highest BCUT2D eigenvalue weighted by molar-refractivity contribution is 5.92. The van der Waals surface area contributed by atoms with Crippen molar-refractivity contribution in [2.75, 3.05) is 13.1 Å². The van der Waals surface area contributed by atoms with E-state index in [1.54, 1.807) is 6.33 Å². The predicted molar refractivity (Wildman–Crippen MR) is 73.1 cm³/mol. The lowest BCUT2D eigenvalue weighted by atomic mass is 10.2. The number of carbonyl (C=O) groups excluding carboxylic acids is 1. The molecule has 0 unspecified atom stereocenters. The molecule has 3 rings (SSSR count). The Bertz CT molecular complexity index is 464. The van der Waals surface area contributed by atoms with Gasteiger partial charge in [-0.2, -0.15) is 0 Å². The molecule has 1 saturated heterocycles. The molecule has 1 saturated carbocycles. The lowest BCUT2D eigenvalue weighted by Gasteiger charge is -2.20. The van der Waals surface area contributed by atoms with Gasteiger partial charge in [-0.3, -0.25) is 9.69 Å². The Morgan fingerprint density at radius 2 is 2.21 bits per heavy atom. The summed E-state index contributed by atoms with van der Waals surface area (Å²) >= 11 is 0. The summed E-state index contributed by atoms with van der Waals surface area (Å²) in [4.78, 5) is 18.7. The lowest BCUT2D eigenvalue weighted by Crippen LogP contribution is -2.38. The van der Waals surface area contributed by atoms with Crippen LogP contribution in [0.3, 0.4) is 0 Å². The van der Waals surface area contributed by atoms with Crippen molar-refractivity contribution in [3.63, 3.8) is 0 Å². The first kappa shape index (κ1) is 12.7. The first-order valence-electron chi connectivity index (χ1n) is 7.22. The molecule has 2 fully saturated rings. The van der Waals surface area contributed by atoms with Gasteiger partial charge in [-0.15, -0.1) is 0 Å². The van der Waals surface area contributed by atoms with Gasteiger partial charge in [0, 0.05) is 37.4 Å². The maximum atomic E-state index is 12.1. The third-order valence-electron chi connectivity index (χ3n) is 4.09. The van der Waals surface area contributed by atoms with Crippen LogP contribution in [-0.4, -0.2) is 45.5 Å². The Morgan fingerprint density at radius 3 is 2.84 bits per heavy atom. The summed E-state index contributed by atoms with van der Waals surface area (Å²) in [7, 11) is 0. The van der Waals surface area contributed by atoms with Gasteiger partial charge >= 0.3 is 0 Å². The predicted octanol–water partition coefficient (Wildman–Crippen LogP) is 1.43. The number of nitrogens with one attached hydrogen (secondary N) is 1. The van der Waals surface area contributed by atoms with E-state index in [0.717, 1.165) is 19.5 Å². The van der Waals surface area contributed by atoms with E-state index in [-0.39, 0.29) is 11.9 Å². The molecule has 1 aliphatic carbocycles. The second-order valence-electron chi connectivity index (χ2n) is 5.99. The van der Waals surface area contributed by atoms with Gasteiger partial charge in [0.1, 0.15) is 5.69 Å². The molecule has 104 valence electrons. The molecule has 19 heavy (non-hydrogen) atoms. The van der Waals surface area contributed by atoms with Gasteiger partial charge in [0.15, 0.2) is 0 Å². The van der Waals surface area contributed by atoms with E-state index < -0.39 is 0 Å². The van der Waals surface area contributed by atoms with E-state index in [4.69, 9.17) is 0 Å². The number of carbonyl (C=O) groups is 1. The van der Waals surface area contributed by atoms with Gasteiger partial charge in [-0.1, -0.05) is 0 Å². The van der Waals surface area contributed by atoms with Crippen molar-refractivity contribution in [2.24, 2.45) is 0 Å². The van der Waals surface area contributed by atoms with Gasteiger partial charge in [-0.05, 0) is 33.1 Å². The first-order valence-corrected chi connectivity index (χ1v) is 7.22. The number of likely N-dealkylation sites (tertiary alicyclic amines) is 1. The lowest BCUT2D eigenvalue weighted by molar-refractivity contribution is 0.0932. The third kappa shape index (κ3) is 2.81. The van der Waals surface area contributed by atoms with Crippen molar-refractivity contribution < 1.29 is 4.79 Å². The molecule has 1 aromatic rings. The molecule has 1 atom stereocenters. The Labute approximate surface area is 114 Å². The zero-order valence-corrected chi connectivity index (χ0v) is 11.7. The number of hydrogen-bond acceptors (Lipinski definition) is 3. The van der Waals surface area contributed by atoms with Crippen LogP contribution in [0.15, 0.2) is 12.5 Å². The van der Waals surface area contributed by atoms with Crippen LogP contribution < -0.4 is 5.32 Å². The minimum absolute atomic E-state index is 0.0324. The molecule has 2 aliphatic rings. The van der Waals surface area contributed by atoms with Crippen molar-refractivity contribution in [3.8, 4) is 0 Å². The standard InChI is InChI=1S/C14H22N4O/c1-10(2)17-6-5-11(7-17)16-14(19)13-8-18(9-15-13)12-3-4-12/h8-12H,3-7H2,1-2H3,(H,16,19)/t11-/m0/s1. The number of amides is 1. The van der Waals surface area contributed by atoms with Crippen molar-refractivity contribution in [3.05, 3.63) is 18.2 Å². The molecule has 2 heterocycles. The Morgan fingerprint density at radius 1 is 1.42 bits per heavy atom. The first-order chi connectivity index (χ1) is 9.13. The third-order valence-corrected chi connectivity index (χ3v) is 4.09. The summed E-state index contributed by atoms with van der Waals surface area (Å²) in [5.74, 6) is -0.0324. The highest BCUT2D eigenvalue weighted by Gasteiger charge is 2.27. The highest BCUT2D eigenvalue weighted by atomic mass is 16.2. The van der Waals surface area contributed by atoms with Gasteiger partial charge < -0.3 is 9.88 Å². The maximum absolute atomic E-state index is 12.1. The number of rotatable bonds is 4. The van der Waals surface area contributed by atoms with Crippen molar-refractivity contribution in [1.82, 2.24) is 19.8 Å². The van der Waals surface area contributed by atoms with Crippen LogP contribution in [0, 0.1) is 0 Å². The number of nitrogens with zero attached hydrogens (tertiary/aromatic N) is 3. The molecule has 1 amide bonds. The molecule has 1 aliphatic heterocycles. The van der Waals surface area contributed by atoms with Crippen LogP contribution in [-0.2, 0) is 0 Å². The molecule has 0 aromatic carbocycles. The largest absolute Gasteiger partial charge is 0.347 e. The van der Waals surface area contributed by atoms with E-state index in [1.807, 2.05) is 6.20 Å². The van der Waals surface area contributed by atoms with Gasteiger partial charge in [0.2, 0.25) is 0 Å². The fourth-order valence-corrected chi connectivity index (χ4v) is 2.66. The monoisotopic (exact) mass is 262 g/mol. The molecule has 5 nitrogen and oxygen atoms in total. The zero-order chi connectivity index (χ0) is 13.4. The summed E-state index contributed by atoms with van der Waals surface area (Å²) in [6.45, 7) is 6.41. The minimum atomic E-state index is -0.0324. The molecular weight excluding hydrogens is 240 g/mol. The summed E-state index contributed by atoms with van der Waals surface area (Å²) in [6.07, 6.45) is 7.11. The van der Waals surface area contributed by atoms with Crippen LogP contribution in [0.1, 0.15) is 49.6 Å². The van der Waals surface area contributed by atoms with Crippen LogP contribution >= 0.6 is 0 Å². The zero-order valence-electron chi connectivity index (χ0n) is 11.7. The molecule has 0 radical (unpaired) electrons. The fraction of sp³-hybridized carbons (Fsp3) is 0.714. The summed E-state index contributed by atoms with van der Waals surface area (Å²) in [5, 5.41) is 3.10. The average molecular weight is 262 g/mol. The molecule has 1 aromatic heterocycles. The van der Waals surface area contributed by atoms with Crippen LogP contribution in [0.25, 0.3) is 0 Å². The Hall–Kier alpha value is -1.36. The van der Waals surface area contributed by atoms with Gasteiger partial charge in [-0.25, -0.2) is 4.98 Å². The van der Waals surface area contributed by atoms with Gasteiger partial charge in [0.05, 0.1) is 6.33 Å². The van der Waals surface area contributed by atoms with E-state index in [0.29, 0.717) is 17.8 Å². The number of aromatic nitrogens is 2. The van der Waals surface area contributed by atoms with Crippen molar-refractivity contribution >= 4 is 5.91 Å². The quantitative estimate of drug-likeness (QED) is 0.893. The molecular formula is C14H22N4O. The van der Waals surface area contributed by atoms with Crippen molar-refractivity contribution in [2.45, 2.75) is 51.2 Å². The normalized spacial score (nSPS) is 24.1. The van der Waals surface area contributed by atoms with E-state index in [2.05, 4.69) is 33.6 Å². The summed E-state index contributed by atoms with van der Waals surface area (Å²) in [5.41, 5.74) is 0.551. The molecule has 0 spiro atoms. The van der Waals surface area contributed by atoms with Gasteiger partial charge in [0.25, 0.3) is 5.91 Å². The summed E-state index contributed by atoms with van der Waals surface area (Å²) < 4.78 is 2.06. The molecule has 1 N–H and O–H groups in total. The van der Waals surface area contributed by atoms with E-state index >= 15 is 0 Å². The fourth-order valence-electron chi connectivity index (χ4n) is 2.66. The maximum Gasteiger partial charge on any atom is 0.271 e. The van der Waals surface area contributed by atoms with Crippen LogP contribution in [0.2, 0.25) is 0 Å². The molecule has 5 heteroatoms. The second kappa shape index (κ2) is 4.96. The van der Waals surface area contributed by atoms with E-state index in [9.17, 15) is 4.79 Å². The minimum Gasteiger partial charge on any atom is -0.347 e. The smallest absolute Gasteiger partial charge is 0.271 e. The Balaban J connectivity index is 1.55. The average Bonchev–Trinajstić information content (AvgIpc) is 2.92. The second-order valence-corrected chi connectivity index (χ2v) is 5.99. The Kier molecular flexibility index (Phi) is 3.31. The molecule has 0 bridgehead atoms. The number of hydrogen-bond donors (Lipinski definition) is 1. The summed E-state index contributed by atoms with van der Waals surface area (Å²) in [6, 6.07) is 1.40. The van der Waals surface area contributed by atoms with Crippen LogP contribution in [0.5, 0.6) is 0 Å². The highest BCUT2D eigenvalue weighted by Crippen LogP contribution is 2.34. The van der Waals surface area contributed by atoms with E-state index in [1.165, 1.54) is 12.8 Å².